The molecule has 0 spiro atoms. The molecule has 1 aromatic carbocycles. The van der Waals surface area contributed by atoms with Crippen LogP contribution in [0.15, 0.2) is 24.5 Å². The van der Waals surface area contributed by atoms with Gasteiger partial charge in [-0.1, -0.05) is 37.6 Å². The van der Waals surface area contributed by atoms with Gasteiger partial charge in [0.1, 0.15) is 17.2 Å². The topological polar surface area (TPSA) is 49.8 Å². The van der Waals surface area contributed by atoms with Crippen molar-refractivity contribution in [1.82, 2.24) is 9.97 Å². The number of fused-ring (bicyclic) bond motifs is 1. The summed E-state index contributed by atoms with van der Waals surface area (Å²) >= 11 is 6.43. The molecule has 1 aliphatic heterocycles. The Morgan fingerprint density at radius 2 is 2.17 bits per heavy atom. The van der Waals surface area contributed by atoms with Crippen molar-refractivity contribution in [1.29, 1.82) is 0 Å². The fraction of sp³-hybridized carbons (Fsp3) is 0.474. The lowest BCUT2D eigenvalue weighted by atomic mass is 9.95. The van der Waals surface area contributed by atoms with Gasteiger partial charge in [-0.05, 0) is 49.8 Å². The Hall–Kier alpha value is -1.81. The number of rotatable bonds is 5. The molecule has 1 aliphatic rings. The smallest absolute Gasteiger partial charge is 0.149 e. The molecule has 0 fully saturated rings. The Morgan fingerprint density at radius 3 is 2.92 bits per heavy atom. The summed E-state index contributed by atoms with van der Waals surface area (Å²) in [5, 5.41) is 7.72. The second kappa shape index (κ2) is 7.39. The fourth-order valence-corrected chi connectivity index (χ4v) is 3.50. The van der Waals surface area contributed by atoms with Crippen molar-refractivity contribution in [2.75, 3.05) is 10.6 Å². The number of halogens is 1. The molecule has 5 heteroatoms. The van der Waals surface area contributed by atoms with Crippen LogP contribution in [0.2, 0.25) is 5.02 Å². The van der Waals surface area contributed by atoms with Gasteiger partial charge >= 0.3 is 0 Å². The first-order valence-electron chi connectivity index (χ1n) is 8.77. The highest BCUT2D eigenvalue weighted by Gasteiger charge is 2.18. The molecule has 2 aromatic rings. The molecule has 2 atom stereocenters. The van der Waals surface area contributed by atoms with E-state index in [1.54, 1.807) is 6.33 Å². The zero-order valence-electron chi connectivity index (χ0n) is 14.6. The molecule has 0 amide bonds. The number of aryl methyl sites for hydroxylation is 2. The summed E-state index contributed by atoms with van der Waals surface area (Å²) in [6, 6.07) is 7.43. The molecule has 0 radical (unpaired) electrons. The molecule has 0 saturated heterocycles. The van der Waals surface area contributed by atoms with Crippen LogP contribution in [0.25, 0.3) is 0 Å². The number of nitrogens with zero attached hydrogens (tertiary/aromatic N) is 2. The molecule has 0 bridgehead atoms. The van der Waals surface area contributed by atoms with E-state index in [2.05, 4.69) is 52.6 Å². The highest BCUT2D eigenvalue weighted by Crippen LogP contribution is 2.32. The van der Waals surface area contributed by atoms with Crippen molar-refractivity contribution in [3.63, 3.8) is 0 Å². The number of anilines is 2. The molecular formula is C19H25ClN4. The van der Waals surface area contributed by atoms with Gasteiger partial charge in [0.25, 0.3) is 0 Å². The Bertz CT molecular complexity index is 717. The minimum absolute atomic E-state index is 0.173. The van der Waals surface area contributed by atoms with Crippen molar-refractivity contribution >= 4 is 23.1 Å². The maximum Gasteiger partial charge on any atom is 0.149 e. The molecule has 0 aliphatic carbocycles. The Balaban J connectivity index is 1.86. The molecule has 24 heavy (non-hydrogen) atoms. The van der Waals surface area contributed by atoms with Gasteiger partial charge in [0.05, 0.1) is 11.7 Å². The molecule has 2 N–H and O–H groups in total. The third kappa shape index (κ3) is 3.48. The van der Waals surface area contributed by atoms with Crippen LogP contribution in [-0.2, 0) is 12.8 Å². The monoisotopic (exact) mass is 344 g/mol. The zero-order chi connectivity index (χ0) is 17.1. The van der Waals surface area contributed by atoms with Crippen molar-refractivity contribution in [3.05, 3.63) is 46.4 Å². The maximum absolute atomic E-state index is 6.43. The van der Waals surface area contributed by atoms with Crippen LogP contribution in [0.1, 0.15) is 56.5 Å². The van der Waals surface area contributed by atoms with E-state index in [1.807, 2.05) is 6.92 Å². The fourth-order valence-electron chi connectivity index (χ4n) is 3.21. The van der Waals surface area contributed by atoms with E-state index < -0.39 is 0 Å². The molecule has 0 saturated carbocycles. The summed E-state index contributed by atoms with van der Waals surface area (Å²) in [7, 11) is 0. The summed E-state index contributed by atoms with van der Waals surface area (Å²) < 4.78 is 0. The van der Waals surface area contributed by atoms with Crippen molar-refractivity contribution in [2.24, 2.45) is 0 Å². The maximum atomic E-state index is 6.43. The lowest BCUT2D eigenvalue weighted by Gasteiger charge is -2.26. The highest BCUT2D eigenvalue weighted by molar-refractivity contribution is 6.33. The molecule has 3 rings (SSSR count). The van der Waals surface area contributed by atoms with Gasteiger partial charge in [0.2, 0.25) is 0 Å². The lowest BCUT2D eigenvalue weighted by Crippen LogP contribution is -2.22. The molecule has 128 valence electrons. The number of aromatic nitrogens is 2. The van der Waals surface area contributed by atoms with Gasteiger partial charge in [-0.25, -0.2) is 9.97 Å². The highest BCUT2D eigenvalue weighted by atomic mass is 35.5. The van der Waals surface area contributed by atoms with Crippen LogP contribution in [0, 0.1) is 0 Å². The first-order valence-corrected chi connectivity index (χ1v) is 9.15. The SMILES string of the molecule is CCc1ncnc(NC(CC)c2ccc3c(c2)NC(C)CC3)c1Cl. The second-order valence-corrected chi connectivity index (χ2v) is 6.82. The summed E-state index contributed by atoms with van der Waals surface area (Å²) in [5.41, 5.74) is 4.80. The number of hydrogen-bond donors (Lipinski definition) is 2. The van der Waals surface area contributed by atoms with Gasteiger partial charge in [-0.2, -0.15) is 0 Å². The van der Waals surface area contributed by atoms with Gasteiger partial charge in [0, 0.05) is 11.7 Å². The number of hydrogen-bond acceptors (Lipinski definition) is 4. The van der Waals surface area contributed by atoms with Crippen LogP contribution in [0.4, 0.5) is 11.5 Å². The summed E-state index contributed by atoms with van der Waals surface area (Å²) in [4.78, 5) is 8.57. The van der Waals surface area contributed by atoms with Gasteiger partial charge in [0.15, 0.2) is 0 Å². The Labute approximate surface area is 149 Å². The summed E-state index contributed by atoms with van der Waals surface area (Å²) in [6.07, 6.45) is 5.67. The quantitative estimate of drug-likeness (QED) is 0.801. The minimum atomic E-state index is 0.173. The van der Waals surface area contributed by atoms with E-state index in [9.17, 15) is 0 Å². The van der Waals surface area contributed by atoms with Crippen molar-refractivity contribution in [2.45, 2.75) is 58.5 Å². The number of benzene rings is 1. The normalized spacial score (nSPS) is 17.8. The molecule has 2 heterocycles. The van der Waals surface area contributed by atoms with Gasteiger partial charge in [-0.15, -0.1) is 0 Å². The van der Waals surface area contributed by atoms with E-state index >= 15 is 0 Å². The van der Waals surface area contributed by atoms with Crippen molar-refractivity contribution < 1.29 is 0 Å². The largest absolute Gasteiger partial charge is 0.382 e. The Kier molecular flexibility index (Phi) is 5.24. The molecule has 1 aromatic heterocycles. The van der Waals surface area contributed by atoms with Crippen molar-refractivity contribution in [3.8, 4) is 0 Å². The van der Waals surface area contributed by atoms with E-state index in [-0.39, 0.29) is 6.04 Å². The third-order valence-corrected chi connectivity index (χ3v) is 5.10. The standard InChI is InChI=1S/C19H25ClN4/c1-4-15(24-19-18(20)16(5-2)21-11-22-19)14-9-8-13-7-6-12(3)23-17(13)10-14/h8-12,15,23H,4-7H2,1-3H3,(H,21,22,24). The van der Waals surface area contributed by atoms with Gasteiger partial charge in [-0.3, -0.25) is 0 Å². The molecular weight excluding hydrogens is 320 g/mol. The van der Waals surface area contributed by atoms with E-state index in [4.69, 9.17) is 11.6 Å². The molecule has 4 nitrogen and oxygen atoms in total. The van der Waals surface area contributed by atoms with Crippen LogP contribution in [0.5, 0.6) is 0 Å². The summed E-state index contributed by atoms with van der Waals surface area (Å²) in [5.74, 6) is 0.717. The lowest BCUT2D eigenvalue weighted by molar-refractivity contribution is 0.677. The van der Waals surface area contributed by atoms with E-state index in [1.165, 1.54) is 23.2 Å². The van der Waals surface area contributed by atoms with Crippen LogP contribution in [-0.4, -0.2) is 16.0 Å². The Morgan fingerprint density at radius 1 is 1.33 bits per heavy atom. The number of nitrogens with one attached hydrogen (secondary N) is 2. The van der Waals surface area contributed by atoms with Crippen LogP contribution >= 0.6 is 11.6 Å². The summed E-state index contributed by atoms with van der Waals surface area (Å²) in [6.45, 7) is 6.45. The predicted octanol–water partition coefficient (Wildman–Crippen LogP) is 5.00. The average molecular weight is 345 g/mol. The van der Waals surface area contributed by atoms with E-state index in [0.29, 0.717) is 11.1 Å². The predicted molar refractivity (Wildman–Crippen MR) is 101 cm³/mol. The minimum Gasteiger partial charge on any atom is -0.382 e. The van der Waals surface area contributed by atoms with E-state index in [0.717, 1.165) is 30.8 Å². The zero-order valence-corrected chi connectivity index (χ0v) is 15.3. The second-order valence-electron chi connectivity index (χ2n) is 6.44. The average Bonchev–Trinajstić information content (AvgIpc) is 2.60. The first kappa shape index (κ1) is 17.0. The third-order valence-electron chi connectivity index (χ3n) is 4.70. The van der Waals surface area contributed by atoms with Gasteiger partial charge < -0.3 is 10.6 Å². The molecule has 2 unspecified atom stereocenters. The first-order chi connectivity index (χ1) is 11.6. The van der Waals surface area contributed by atoms with Crippen LogP contribution in [0.3, 0.4) is 0 Å². The van der Waals surface area contributed by atoms with Crippen LogP contribution < -0.4 is 10.6 Å².